The van der Waals surface area contributed by atoms with E-state index < -0.39 is 17.9 Å². The lowest BCUT2D eigenvalue weighted by Crippen LogP contribution is -2.66. The zero-order valence-electron chi connectivity index (χ0n) is 15.4. The number of hydrogen-bond acceptors (Lipinski definition) is 4. The number of halogens is 3. The minimum absolute atomic E-state index is 0.0515. The summed E-state index contributed by atoms with van der Waals surface area (Å²) in [7, 11) is 0. The number of amides is 2. The van der Waals surface area contributed by atoms with Crippen LogP contribution in [0.1, 0.15) is 5.56 Å². The van der Waals surface area contributed by atoms with Gasteiger partial charge in [-0.3, -0.25) is 0 Å². The fourth-order valence-corrected chi connectivity index (χ4v) is 3.43. The molecule has 9 heteroatoms. The van der Waals surface area contributed by atoms with Gasteiger partial charge in [-0.2, -0.15) is 13.2 Å². The van der Waals surface area contributed by atoms with Crippen LogP contribution in [0, 0.1) is 0 Å². The lowest BCUT2D eigenvalue weighted by molar-refractivity contribution is -0.195. The fraction of sp³-hybridized carbons (Fsp3) is 0.300. The van der Waals surface area contributed by atoms with Crippen molar-refractivity contribution < 1.29 is 22.7 Å². The molecule has 2 aromatic rings. The molecule has 0 aromatic heterocycles. The molecule has 152 valence electrons. The number of anilines is 1. The summed E-state index contributed by atoms with van der Waals surface area (Å²) >= 11 is 0. The van der Waals surface area contributed by atoms with Gasteiger partial charge in [-0.05, 0) is 12.1 Å². The van der Waals surface area contributed by atoms with Gasteiger partial charge in [0.2, 0.25) is 5.96 Å². The third-order valence-electron chi connectivity index (χ3n) is 4.87. The predicted molar refractivity (Wildman–Crippen MR) is 101 cm³/mol. The second kappa shape index (κ2) is 7.40. The van der Waals surface area contributed by atoms with Crippen molar-refractivity contribution in [3.8, 4) is 0 Å². The van der Waals surface area contributed by atoms with Crippen molar-refractivity contribution in [2.24, 2.45) is 4.99 Å². The molecular weight excluding hydrogens is 385 g/mol. The Balaban J connectivity index is 1.91. The Labute approximate surface area is 165 Å². The van der Waals surface area contributed by atoms with E-state index in [4.69, 9.17) is 4.74 Å². The molecule has 1 atom stereocenters. The quantitative estimate of drug-likeness (QED) is 0.836. The molecule has 2 aliphatic rings. The first kappa shape index (κ1) is 19.3. The second-order valence-electron chi connectivity index (χ2n) is 6.69. The van der Waals surface area contributed by atoms with E-state index in [1.165, 1.54) is 29.2 Å². The summed E-state index contributed by atoms with van der Waals surface area (Å²) in [5.41, 5.74) is -2.59. The van der Waals surface area contributed by atoms with Crippen molar-refractivity contribution in [3.05, 3.63) is 66.2 Å². The van der Waals surface area contributed by atoms with Gasteiger partial charge in [0, 0.05) is 18.7 Å². The highest BCUT2D eigenvalue weighted by Gasteiger charge is 2.61. The number of ether oxygens (including phenoxy) is 1. The van der Waals surface area contributed by atoms with Crippen molar-refractivity contribution in [1.29, 1.82) is 0 Å². The molecule has 6 nitrogen and oxygen atoms in total. The number of aliphatic imine (C=N–C) groups is 1. The van der Waals surface area contributed by atoms with Crippen LogP contribution in [0.4, 0.5) is 23.7 Å². The number of urea groups is 1. The molecule has 2 amide bonds. The Kier molecular flexibility index (Phi) is 4.91. The van der Waals surface area contributed by atoms with Gasteiger partial charge < -0.3 is 15.0 Å². The molecule has 0 saturated carbocycles. The summed E-state index contributed by atoms with van der Waals surface area (Å²) in [5, 5.41) is 2.12. The van der Waals surface area contributed by atoms with Crippen LogP contribution in [-0.2, 0) is 10.4 Å². The number of carbonyl (C=O) groups excluding carboxylic acids is 1. The van der Waals surface area contributed by atoms with Gasteiger partial charge in [0.1, 0.15) is 0 Å². The highest BCUT2D eigenvalue weighted by molar-refractivity contribution is 6.17. The molecular formula is C20H19F3N4O2. The van der Waals surface area contributed by atoms with E-state index in [-0.39, 0.29) is 11.5 Å². The van der Waals surface area contributed by atoms with Gasteiger partial charge >= 0.3 is 12.2 Å². The predicted octanol–water partition coefficient (Wildman–Crippen LogP) is 3.32. The Hall–Kier alpha value is -3.07. The standard InChI is InChI=1S/C20H19F3N4O2/c21-20(22,23)19(15-7-3-1-4-8-15)24-17(26-11-13-29-14-12-26)27(18(28)25-19)16-9-5-2-6-10-16/h1-10H,11-14H2,(H,25,28). The molecule has 0 bridgehead atoms. The number of nitrogens with one attached hydrogen (secondary N) is 1. The minimum atomic E-state index is -4.84. The van der Waals surface area contributed by atoms with Crippen molar-refractivity contribution >= 4 is 17.7 Å². The van der Waals surface area contributed by atoms with Crippen LogP contribution >= 0.6 is 0 Å². The topological polar surface area (TPSA) is 57.2 Å². The van der Waals surface area contributed by atoms with E-state index in [0.717, 1.165) is 0 Å². The van der Waals surface area contributed by atoms with Gasteiger partial charge in [-0.25, -0.2) is 14.7 Å². The summed E-state index contributed by atoms with van der Waals surface area (Å²) in [4.78, 5) is 20.0. The van der Waals surface area contributed by atoms with Crippen LogP contribution in [-0.4, -0.2) is 49.4 Å². The molecule has 1 fully saturated rings. The smallest absolute Gasteiger partial charge is 0.378 e. The van der Waals surface area contributed by atoms with Gasteiger partial charge in [0.25, 0.3) is 5.66 Å². The summed E-state index contributed by atoms with van der Waals surface area (Å²) in [5.74, 6) is -0.0515. The molecule has 1 saturated heterocycles. The number of para-hydroxylation sites is 1. The molecule has 1 unspecified atom stereocenters. The van der Waals surface area contributed by atoms with E-state index in [0.29, 0.717) is 32.0 Å². The zero-order valence-corrected chi connectivity index (χ0v) is 15.4. The Morgan fingerprint density at radius 3 is 2.14 bits per heavy atom. The van der Waals surface area contributed by atoms with E-state index in [2.05, 4.69) is 10.3 Å². The number of benzene rings is 2. The van der Waals surface area contributed by atoms with Crippen molar-refractivity contribution in [2.45, 2.75) is 11.8 Å². The van der Waals surface area contributed by atoms with Crippen LogP contribution in [0.3, 0.4) is 0 Å². The van der Waals surface area contributed by atoms with Crippen LogP contribution in [0.5, 0.6) is 0 Å². The number of nitrogens with zero attached hydrogens (tertiary/aromatic N) is 3. The van der Waals surface area contributed by atoms with Crippen LogP contribution < -0.4 is 10.2 Å². The summed E-state index contributed by atoms with van der Waals surface area (Å²) in [6, 6.07) is 14.8. The summed E-state index contributed by atoms with van der Waals surface area (Å²) < 4.78 is 48.4. The molecule has 1 N–H and O–H groups in total. The number of carbonyl (C=O) groups is 1. The Morgan fingerprint density at radius 1 is 0.966 bits per heavy atom. The van der Waals surface area contributed by atoms with E-state index in [1.54, 1.807) is 41.3 Å². The largest absolute Gasteiger partial charge is 0.437 e. The first-order valence-corrected chi connectivity index (χ1v) is 9.14. The van der Waals surface area contributed by atoms with Gasteiger partial charge in [-0.15, -0.1) is 0 Å². The zero-order chi connectivity index (χ0) is 20.5. The summed E-state index contributed by atoms with van der Waals surface area (Å²) in [6.07, 6.45) is -4.84. The monoisotopic (exact) mass is 404 g/mol. The molecule has 0 radical (unpaired) electrons. The normalized spacial score (nSPS) is 22.9. The van der Waals surface area contributed by atoms with E-state index in [9.17, 15) is 18.0 Å². The molecule has 2 heterocycles. The maximum Gasteiger partial charge on any atom is 0.437 e. The average molecular weight is 404 g/mol. The second-order valence-corrected chi connectivity index (χ2v) is 6.69. The number of rotatable bonds is 2. The van der Waals surface area contributed by atoms with Gasteiger partial charge in [0.05, 0.1) is 18.9 Å². The SMILES string of the molecule is O=C1NC(c2ccccc2)(C(F)(F)F)N=C(N2CCOCC2)N1c1ccccc1. The highest BCUT2D eigenvalue weighted by Crippen LogP contribution is 2.43. The fourth-order valence-electron chi connectivity index (χ4n) is 3.43. The number of guanidine groups is 1. The van der Waals surface area contributed by atoms with E-state index in [1.807, 2.05) is 0 Å². The Morgan fingerprint density at radius 2 is 1.55 bits per heavy atom. The van der Waals surface area contributed by atoms with E-state index >= 15 is 0 Å². The van der Waals surface area contributed by atoms with Crippen LogP contribution in [0.2, 0.25) is 0 Å². The molecule has 2 aliphatic heterocycles. The molecule has 0 aliphatic carbocycles. The minimum Gasteiger partial charge on any atom is -0.378 e. The van der Waals surface area contributed by atoms with Crippen LogP contribution in [0.15, 0.2) is 65.7 Å². The first-order chi connectivity index (χ1) is 13.9. The first-order valence-electron chi connectivity index (χ1n) is 9.14. The number of morpholine rings is 1. The third kappa shape index (κ3) is 3.42. The molecule has 29 heavy (non-hydrogen) atoms. The molecule has 0 spiro atoms. The van der Waals surface area contributed by atoms with Crippen LogP contribution in [0.25, 0.3) is 0 Å². The average Bonchev–Trinajstić information content (AvgIpc) is 2.74. The number of alkyl halides is 3. The maximum absolute atomic E-state index is 14.3. The van der Waals surface area contributed by atoms with Gasteiger partial charge in [-0.1, -0.05) is 48.5 Å². The molecule has 2 aromatic carbocycles. The maximum atomic E-state index is 14.3. The summed E-state index contributed by atoms with van der Waals surface area (Å²) in [6.45, 7) is 1.34. The van der Waals surface area contributed by atoms with Crippen molar-refractivity contribution in [3.63, 3.8) is 0 Å². The number of hydrogen-bond donors (Lipinski definition) is 1. The highest BCUT2D eigenvalue weighted by atomic mass is 19.4. The van der Waals surface area contributed by atoms with Gasteiger partial charge in [0.15, 0.2) is 0 Å². The molecule has 4 rings (SSSR count). The van der Waals surface area contributed by atoms with Crippen molar-refractivity contribution in [2.75, 3.05) is 31.2 Å². The Bertz CT molecular complexity index is 899. The van der Waals surface area contributed by atoms with Crippen molar-refractivity contribution in [1.82, 2.24) is 10.2 Å². The third-order valence-corrected chi connectivity index (χ3v) is 4.87. The lowest BCUT2D eigenvalue weighted by atomic mass is 9.98. The lowest BCUT2D eigenvalue weighted by Gasteiger charge is -2.44.